The summed E-state index contributed by atoms with van der Waals surface area (Å²) in [4.78, 5) is 27.2. The predicted octanol–water partition coefficient (Wildman–Crippen LogP) is 4.48. The number of hydrogen-bond acceptors (Lipinski definition) is 2. The number of carbonyl (C=O) groups is 2. The largest absolute Gasteiger partial charge is 0.325 e. The van der Waals surface area contributed by atoms with Crippen molar-refractivity contribution in [2.45, 2.75) is 6.42 Å². The van der Waals surface area contributed by atoms with Gasteiger partial charge in [0.15, 0.2) is 0 Å². The summed E-state index contributed by atoms with van der Waals surface area (Å²) < 4.78 is 13.0. The Morgan fingerprint density at radius 2 is 1.61 bits per heavy atom. The van der Waals surface area contributed by atoms with Crippen LogP contribution in [0.2, 0.25) is 0 Å². The Morgan fingerprint density at radius 1 is 0.929 bits per heavy atom. The molecule has 0 bridgehead atoms. The Bertz CT molecular complexity index is 1000. The fraction of sp³-hybridized carbons (Fsp3) is 0.130. The second-order valence-electron chi connectivity index (χ2n) is 6.71. The van der Waals surface area contributed by atoms with Crippen molar-refractivity contribution < 1.29 is 14.0 Å². The summed E-state index contributed by atoms with van der Waals surface area (Å²) in [5.74, 6) is -1.72. The zero-order chi connectivity index (χ0) is 19.5. The van der Waals surface area contributed by atoms with E-state index in [-0.39, 0.29) is 17.6 Å². The number of nitrogens with zero attached hydrogens (tertiary/aromatic N) is 1. The van der Waals surface area contributed by atoms with E-state index in [2.05, 4.69) is 5.32 Å². The molecular formula is C23H19FN2O2. The number of nitrogens with one attached hydrogen (secondary N) is 1. The van der Waals surface area contributed by atoms with Crippen LogP contribution in [0.25, 0.3) is 11.1 Å². The van der Waals surface area contributed by atoms with Crippen LogP contribution in [-0.2, 0) is 9.59 Å². The van der Waals surface area contributed by atoms with Gasteiger partial charge in [-0.1, -0.05) is 48.5 Å². The molecular weight excluding hydrogens is 355 g/mol. The van der Waals surface area contributed by atoms with Crippen LogP contribution in [0.3, 0.4) is 0 Å². The van der Waals surface area contributed by atoms with Crippen LogP contribution in [0.4, 0.5) is 15.8 Å². The lowest BCUT2D eigenvalue weighted by molar-refractivity contribution is -0.129. The molecule has 1 aliphatic rings. The van der Waals surface area contributed by atoms with Crippen molar-refractivity contribution in [1.82, 2.24) is 0 Å². The van der Waals surface area contributed by atoms with Gasteiger partial charge in [0, 0.05) is 17.8 Å². The fourth-order valence-electron chi connectivity index (χ4n) is 3.50. The molecule has 1 unspecified atom stereocenters. The Hall–Kier alpha value is -3.47. The standard InChI is InChI=1S/C23H19FN2O2/c24-17-10-12-18(13-11-17)25-22(27)20-14-15-26(23(20)28)21-9-5-4-8-19(21)16-6-2-1-3-7-16/h1-13,20H,14-15H2,(H,25,27). The molecule has 1 fully saturated rings. The average Bonchev–Trinajstić information content (AvgIpc) is 3.12. The lowest BCUT2D eigenvalue weighted by Gasteiger charge is -2.20. The summed E-state index contributed by atoms with van der Waals surface area (Å²) >= 11 is 0. The van der Waals surface area contributed by atoms with Crippen molar-refractivity contribution in [1.29, 1.82) is 0 Å². The minimum absolute atomic E-state index is 0.219. The monoisotopic (exact) mass is 374 g/mol. The molecule has 0 aromatic heterocycles. The van der Waals surface area contributed by atoms with Crippen molar-refractivity contribution in [3.63, 3.8) is 0 Å². The van der Waals surface area contributed by atoms with E-state index in [0.29, 0.717) is 18.7 Å². The SMILES string of the molecule is O=C(Nc1ccc(F)cc1)C1CCN(c2ccccc2-c2ccccc2)C1=O. The zero-order valence-electron chi connectivity index (χ0n) is 15.1. The number of benzene rings is 3. The number of para-hydroxylation sites is 1. The molecule has 4 nitrogen and oxygen atoms in total. The molecule has 1 N–H and O–H groups in total. The topological polar surface area (TPSA) is 49.4 Å². The van der Waals surface area contributed by atoms with Crippen molar-refractivity contribution in [3.05, 3.63) is 84.7 Å². The Morgan fingerprint density at radius 3 is 2.36 bits per heavy atom. The molecule has 0 radical (unpaired) electrons. The maximum Gasteiger partial charge on any atom is 0.239 e. The molecule has 140 valence electrons. The summed E-state index contributed by atoms with van der Waals surface area (Å²) in [6.07, 6.45) is 0.439. The van der Waals surface area contributed by atoms with E-state index in [4.69, 9.17) is 0 Å². The number of hydrogen-bond donors (Lipinski definition) is 1. The van der Waals surface area contributed by atoms with Gasteiger partial charge in [-0.2, -0.15) is 0 Å². The van der Waals surface area contributed by atoms with Gasteiger partial charge in [-0.05, 0) is 42.3 Å². The lowest BCUT2D eigenvalue weighted by atomic mass is 10.0. The number of carbonyl (C=O) groups excluding carboxylic acids is 2. The first-order valence-corrected chi connectivity index (χ1v) is 9.16. The molecule has 3 aromatic carbocycles. The Kier molecular flexibility index (Phi) is 4.89. The number of amides is 2. The highest BCUT2D eigenvalue weighted by Crippen LogP contribution is 2.34. The molecule has 0 spiro atoms. The van der Waals surface area contributed by atoms with Gasteiger partial charge >= 0.3 is 0 Å². The first-order valence-electron chi connectivity index (χ1n) is 9.16. The Balaban J connectivity index is 1.55. The highest BCUT2D eigenvalue weighted by Gasteiger charge is 2.38. The van der Waals surface area contributed by atoms with Gasteiger partial charge in [0.25, 0.3) is 0 Å². The Labute approximate surface area is 162 Å². The fourth-order valence-corrected chi connectivity index (χ4v) is 3.50. The summed E-state index contributed by atoms with van der Waals surface area (Å²) in [6.45, 7) is 0.476. The van der Waals surface area contributed by atoms with Gasteiger partial charge in [0.2, 0.25) is 11.8 Å². The van der Waals surface area contributed by atoms with Crippen molar-refractivity contribution in [2.75, 3.05) is 16.8 Å². The van der Waals surface area contributed by atoms with Crippen LogP contribution in [0.15, 0.2) is 78.9 Å². The van der Waals surface area contributed by atoms with Gasteiger partial charge in [0.05, 0.1) is 5.69 Å². The minimum Gasteiger partial charge on any atom is -0.325 e. The van der Waals surface area contributed by atoms with Crippen LogP contribution in [-0.4, -0.2) is 18.4 Å². The summed E-state index contributed by atoms with van der Waals surface area (Å²) in [5.41, 5.74) is 3.25. The molecule has 5 heteroatoms. The van der Waals surface area contributed by atoms with E-state index in [1.165, 1.54) is 24.3 Å². The highest BCUT2D eigenvalue weighted by molar-refractivity contribution is 6.14. The predicted molar refractivity (Wildman–Crippen MR) is 107 cm³/mol. The van der Waals surface area contributed by atoms with Crippen molar-refractivity contribution in [2.24, 2.45) is 5.92 Å². The van der Waals surface area contributed by atoms with Gasteiger partial charge in [-0.3, -0.25) is 9.59 Å². The van der Waals surface area contributed by atoms with Gasteiger partial charge in [-0.25, -0.2) is 4.39 Å². The van der Waals surface area contributed by atoms with E-state index < -0.39 is 5.92 Å². The molecule has 1 saturated heterocycles. The highest BCUT2D eigenvalue weighted by atomic mass is 19.1. The third kappa shape index (κ3) is 3.51. The minimum atomic E-state index is -0.756. The second kappa shape index (κ2) is 7.64. The quantitative estimate of drug-likeness (QED) is 0.685. The normalized spacial score (nSPS) is 16.2. The average molecular weight is 374 g/mol. The van der Waals surface area contributed by atoms with Gasteiger partial charge in [0.1, 0.15) is 11.7 Å². The molecule has 1 aliphatic heterocycles. The molecule has 28 heavy (non-hydrogen) atoms. The summed E-state index contributed by atoms with van der Waals surface area (Å²) in [6, 6.07) is 23.1. The molecule has 0 saturated carbocycles. The van der Waals surface area contributed by atoms with Crippen molar-refractivity contribution >= 4 is 23.2 Å². The van der Waals surface area contributed by atoms with Crippen LogP contribution in [0, 0.1) is 11.7 Å². The number of rotatable bonds is 4. The third-order valence-corrected chi connectivity index (χ3v) is 4.91. The smallest absolute Gasteiger partial charge is 0.239 e. The van der Waals surface area contributed by atoms with Crippen LogP contribution in [0.1, 0.15) is 6.42 Å². The molecule has 1 heterocycles. The van der Waals surface area contributed by atoms with Crippen LogP contribution in [0.5, 0.6) is 0 Å². The molecule has 4 rings (SSSR count). The van der Waals surface area contributed by atoms with E-state index >= 15 is 0 Å². The zero-order valence-corrected chi connectivity index (χ0v) is 15.1. The molecule has 3 aromatic rings. The third-order valence-electron chi connectivity index (χ3n) is 4.91. The maximum atomic E-state index is 13.0. The van der Waals surface area contributed by atoms with Crippen molar-refractivity contribution in [3.8, 4) is 11.1 Å². The van der Waals surface area contributed by atoms with E-state index in [0.717, 1.165) is 16.8 Å². The lowest BCUT2D eigenvalue weighted by Crippen LogP contribution is -2.33. The van der Waals surface area contributed by atoms with Gasteiger partial charge in [-0.15, -0.1) is 0 Å². The maximum absolute atomic E-state index is 13.0. The second-order valence-corrected chi connectivity index (χ2v) is 6.71. The van der Waals surface area contributed by atoms with Crippen LogP contribution >= 0.6 is 0 Å². The molecule has 2 amide bonds. The summed E-state index contributed by atoms with van der Waals surface area (Å²) in [7, 11) is 0. The summed E-state index contributed by atoms with van der Waals surface area (Å²) in [5, 5.41) is 2.71. The molecule has 1 atom stereocenters. The first-order chi connectivity index (χ1) is 13.6. The van der Waals surface area contributed by atoms with E-state index in [1.807, 2.05) is 54.6 Å². The first kappa shape index (κ1) is 17.9. The number of halogens is 1. The van der Waals surface area contributed by atoms with Gasteiger partial charge < -0.3 is 10.2 Å². The van der Waals surface area contributed by atoms with E-state index in [1.54, 1.807) is 4.90 Å². The van der Waals surface area contributed by atoms with E-state index in [9.17, 15) is 14.0 Å². The van der Waals surface area contributed by atoms with Crippen LogP contribution < -0.4 is 10.2 Å². The molecule has 0 aliphatic carbocycles. The number of anilines is 2.